The lowest BCUT2D eigenvalue weighted by atomic mass is 9.84. The number of rotatable bonds is 9. The molecule has 24 heavy (non-hydrogen) atoms. The Hall–Kier alpha value is -1.91. The van der Waals surface area contributed by atoms with Crippen LogP contribution in [0.15, 0.2) is 24.4 Å². The number of hydrogen-bond donors (Lipinski definition) is 2. The van der Waals surface area contributed by atoms with E-state index in [1.165, 1.54) is 32.1 Å². The van der Waals surface area contributed by atoms with Crippen LogP contribution >= 0.6 is 0 Å². The standard InChI is InChI=1S/C19H28N2O3/c22-18(11-9-16-8-4-5-13-20-16)21-17(10-12-19(23)24)14-15-6-2-1-3-7-15/h4-5,8,13,15,17H,1-3,6-7,9-12,14H2,(H,21,22)(H,23,24). The first-order valence-electron chi connectivity index (χ1n) is 9.04. The van der Waals surface area contributed by atoms with E-state index in [1.807, 2.05) is 18.2 Å². The fourth-order valence-electron chi connectivity index (χ4n) is 3.46. The fraction of sp³-hybridized carbons (Fsp3) is 0.632. The maximum Gasteiger partial charge on any atom is 0.303 e. The highest BCUT2D eigenvalue weighted by Gasteiger charge is 2.21. The maximum atomic E-state index is 12.2. The number of pyridine rings is 1. The number of aryl methyl sites for hydroxylation is 1. The topological polar surface area (TPSA) is 79.3 Å². The highest BCUT2D eigenvalue weighted by molar-refractivity contribution is 5.76. The van der Waals surface area contributed by atoms with Crippen LogP contribution in [0.3, 0.4) is 0 Å². The second kappa shape index (κ2) is 10.1. The summed E-state index contributed by atoms with van der Waals surface area (Å²) in [5.74, 6) is -0.188. The number of carbonyl (C=O) groups excluding carboxylic acids is 1. The molecule has 5 nitrogen and oxygen atoms in total. The Bertz CT molecular complexity index is 513. The summed E-state index contributed by atoms with van der Waals surface area (Å²) in [6.07, 6.45) is 10.5. The largest absolute Gasteiger partial charge is 0.481 e. The van der Waals surface area contributed by atoms with Gasteiger partial charge in [0.05, 0.1) is 0 Å². The zero-order chi connectivity index (χ0) is 17.2. The third kappa shape index (κ3) is 7.11. The van der Waals surface area contributed by atoms with E-state index in [0.29, 0.717) is 25.2 Å². The number of aromatic nitrogens is 1. The third-order valence-corrected chi connectivity index (χ3v) is 4.75. The van der Waals surface area contributed by atoms with Crippen LogP contribution in [0, 0.1) is 5.92 Å². The van der Waals surface area contributed by atoms with Gasteiger partial charge in [-0.1, -0.05) is 38.2 Å². The van der Waals surface area contributed by atoms with Gasteiger partial charge in [0.1, 0.15) is 0 Å². The number of nitrogens with one attached hydrogen (secondary N) is 1. The summed E-state index contributed by atoms with van der Waals surface area (Å²) in [5, 5.41) is 12.0. The minimum Gasteiger partial charge on any atom is -0.481 e. The van der Waals surface area contributed by atoms with Crippen LogP contribution in [0.4, 0.5) is 0 Å². The van der Waals surface area contributed by atoms with E-state index >= 15 is 0 Å². The van der Waals surface area contributed by atoms with Crippen molar-refractivity contribution in [2.24, 2.45) is 5.92 Å². The first-order chi connectivity index (χ1) is 11.6. The molecule has 1 aliphatic carbocycles. The van der Waals surface area contributed by atoms with Crippen molar-refractivity contribution >= 4 is 11.9 Å². The summed E-state index contributed by atoms with van der Waals surface area (Å²) >= 11 is 0. The van der Waals surface area contributed by atoms with Gasteiger partial charge < -0.3 is 10.4 Å². The molecule has 0 spiro atoms. The summed E-state index contributed by atoms with van der Waals surface area (Å²) in [7, 11) is 0. The lowest BCUT2D eigenvalue weighted by molar-refractivity contribution is -0.137. The number of nitrogens with zero attached hydrogens (tertiary/aromatic N) is 1. The average molecular weight is 332 g/mol. The number of aliphatic carboxylic acids is 1. The molecule has 1 fully saturated rings. The summed E-state index contributed by atoms with van der Waals surface area (Å²) in [6, 6.07) is 5.66. The molecule has 0 aromatic carbocycles. The van der Waals surface area contributed by atoms with Crippen molar-refractivity contribution in [1.82, 2.24) is 10.3 Å². The normalized spacial score (nSPS) is 16.5. The number of amides is 1. The average Bonchev–Trinajstić information content (AvgIpc) is 2.60. The first kappa shape index (κ1) is 18.4. The van der Waals surface area contributed by atoms with Crippen LogP contribution in [0.25, 0.3) is 0 Å². The number of hydrogen-bond acceptors (Lipinski definition) is 3. The molecule has 1 aromatic heterocycles. The first-order valence-corrected chi connectivity index (χ1v) is 9.04. The lowest BCUT2D eigenvalue weighted by Crippen LogP contribution is -2.37. The molecule has 1 aliphatic rings. The number of carbonyl (C=O) groups is 2. The molecule has 0 bridgehead atoms. The Morgan fingerprint density at radius 3 is 2.67 bits per heavy atom. The molecule has 1 heterocycles. The Labute approximate surface area is 143 Å². The van der Waals surface area contributed by atoms with Gasteiger partial charge in [-0.05, 0) is 37.3 Å². The molecule has 1 saturated carbocycles. The third-order valence-electron chi connectivity index (χ3n) is 4.75. The molecule has 1 atom stereocenters. The van der Waals surface area contributed by atoms with E-state index in [4.69, 9.17) is 5.11 Å². The molecule has 132 valence electrons. The summed E-state index contributed by atoms with van der Waals surface area (Å²) in [6.45, 7) is 0. The van der Waals surface area contributed by atoms with Crippen LogP contribution < -0.4 is 5.32 Å². The van der Waals surface area contributed by atoms with E-state index in [2.05, 4.69) is 10.3 Å². The zero-order valence-electron chi connectivity index (χ0n) is 14.2. The van der Waals surface area contributed by atoms with Crippen molar-refractivity contribution in [1.29, 1.82) is 0 Å². The van der Waals surface area contributed by atoms with Crippen LogP contribution in [-0.4, -0.2) is 28.0 Å². The minimum atomic E-state index is -0.800. The van der Waals surface area contributed by atoms with Gasteiger partial charge in [0.15, 0.2) is 0 Å². The SMILES string of the molecule is O=C(O)CCC(CC1CCCCC1)NC(=O)CCc1ccccn1. The van der Waals surface area contributed by atoms with Gasteiger partial charge >= 0.3 is 5.97 Å². The molecule has 1 aromatic rings. The number of carboxylic acid groups (broad SMARTS) is 1. The highest BCUT2D eigenvalue weighted by atomic mass is 16.4. The van der Waals surface area contributed by atoms with Crippen molar-refractivity contribution in [3.05, 3.63) is 30.1 Å². The van der Waals surface area contributed by atoms with Gasteiger partial charge in [0, 0.05) is 30.8 Å². The van der Waals surface area contributed by atoms with Gasteiger partial charge in [0.25, 0.3) is 0 Å². The van der Waals surface area contributed by atoms with Crippen LogP contribution in [-0.2, 0) is 16.0 Å². The molecule has 0 radical (unpaired) electrons. The quantitative estimate of drug-likeness (QED) is 0.727. The minimum absolute atomic E-state index is 0.00755. The van der Waals surface area contributed by atoms with E-state index in [-0.39, 0.29) is 18.4 Å². The summed E-state index contributed by atoms with van der Waals surface area (Å²) in [5.41, 5.74) is 0.905. The molecular weight excluding hydrogens is 304 g/mol. The van der Waals surface area contributed by atoms with Crippen LogP contribution in [0.5, 0.6) is 0 Å². The predicted octanol–water partition coefficient (Wildman–Crippen LogP) is 3.33. The molecule has 1 amide bonds. The van der Waals surface area contributed by atoms with E-state index < -0.39 is 5.97 Å². The molecule has 0 aliphatic heterocycles. The van der Waals surface area contributed by atoms with Crippen LogP contribution in [0.1, 0.15) is 63.5 Å². The van der Waals surface area contributed by atoms with Crippen molar-refractivity contribution in [3.63, 3.8) is 0 Å². The predicted molar refractivity (Wildman–Crippen MR) is 92.6 cm³/mol. The van der Waals surface area contributed by atoms with E-state index in [1.54, 1.807) is 6.20 Å². The zero-order valence-corrected chi connectivity index (χ0v) is 14.2. The molecule has 1 unspecified atom stereocenters. The molecule has 0 saturated heterocycles. The van der Waals surface area contributed by atoms with Gasteiger partial charge in [-0.2, -0.15) is 0 Å². The molecule has 2 N–H and O–H groups in total. The number of carboxylic acids is 1. The van der Waals surface area contributed by atoms with Gasteiger partial charge in [-0.15, -0.1) is 0 Å². The van der Waals surface area contributed by atoms with Crippen LogP contribution in [0.2, 0.25) is 0 Å². The molecule has 2 rings (SSSR count). The monoisotopic (exact) mass is 332 g/mol. The lowest BCUT2D eigenvalue weighted by Gasteiger charge is -2.27. The van der Waals surface area contributed by atoms with E-state index in [0.717, 1.165) is 12.1 Å². The maximum absolute atomic E-state index is 12.2. The van der Waals surface area contributed by atoms with Gasteiger partial charge in [0.2, 0.25) is 5.91 Å². The Balaban J connectivity index is 1.80. The van der Waals surface area contributed by atoms with Crippen molar-refractivity contribution in [2.45, 2.75) is 70.3 Å². The Morgan fingerprint density at radius 1 is 1.21 bits per heavy atom. The molecular formula is C19H28N2O3. The van der Waals surface area contributed by atoms with Crippen molar-refractivity contribution in [3.8, 4) is 0 Å². The van der Waals surface area contributed by atoms with E-state index in [9.17, 15) is 9.59 Å². The second-order valence-corrected chi connectivity index (χ2v) is 6.76. The second-order valence-electron chi connectivity index (χ2n) is 6.76. The van der Waals surface area contributed by atoms with Gasteiger partial charge in [-0.25, -0.2) is 0 Å². The Morgan fingerprint density at radius 2 is 2.00 bits per heavy atom. The van der Waals surface area contributed by atoms with Gasteiger partial charge in [-0.3, -0.25) is 14.6 Å². The summed E-state index contributed by atoms with van der Waals surface area (Å²) < 4.78 is 0. The van der Waals surface area contributed by atoms with Crippen molar-refractivity contribution in [2.75, 3.05) is 0 Å². The van der Waals surface area contributed by atoms with Crippen molar-refractivity contribution < 1.29 is 14.7 Å². The highest BCUT2D eigenvalue weighted by Crippen LogP contribution is 2.28. The molecule has 5 heteroatoms. The summed E-state index contributed by atoms with van der Waals surface area (Å²) in [4.78, 5) is 27.3. The smallest absolute Gasteiger partial charge is 0.303 e. The Kier molecular flexibility index (Phi) is 7.72. The fourth-order valence-corrected chi connectivity index (χ4v) is 3.46.